The first-order valence-electron chi connectivity index (χ1n) is 9.65. The molecule has 3 unspecified atom stereocenters. The van der Waals surface area contributed by atoms with E-state index in [-0.39, 0.29) is 0 Å². The van der Waals surface area contributed by atoms with Gasteiger partial charge in [0.1, 0.15) is 0 Å². The Kier molecular flexibility index (Phi) is 4.16. The molecule has 0 radical (unpaired) electrons. The number of hydrogen-bond donors (Lipinski definition) is 1. The maximum atomic E-state index is 13.1. The van der Waals surface area contributed by atoms with Gasteiger partial charge in [-0.2, -0.15) is 0 Å². The molecule has 3 atom stereocenters. The van der Waals surface area contributed by atoms with Gasteiger partial charge in [-0.15, -0.1) is 0 Å². The number of benzene rings is 1. The molecule has 3 fully saturated rings. The SMILES string of the molecule is Cc1ccc(C2CCCC2N(C)C(=O)C2CC23CCNCC3)cc1. The van der Waals surface area contributed by atoms with Crippen molar-refractivity contribution in [3.63, 3.8) is 0 Å². The summed E-state index contributed by atoms with van der Waals surface area (Å²) in [4.78, 5) is 15.2. The van der Waals surface area contributed by atoms with Crippen molar-refractivity contribution in [2.45, 2.75) is 57.4 Å². The van der Waals surface area contributed by atoms with E-state index in [1.165, 1.54) is 36.8 Å². The van der Waals surface area contributed by atoms with Crippen LogP contribution in [0.3, 0.4) is 0 Å². The Morgan fingerprint density at radius 3 is 2.58 bits per heavy atom. The van der Waals surface area contributed by atoms with Crippen molar-refractivity contribution in [1.82, 2.24) is 10.2 Å². The van der Waals surface area contributed by atoms with Crippen LogP contribution >= 0.6 is 0 Å². The maximum absolute atomic E-state index is 13.1. The van der Waals surface area contributed by atoms with Gasteiger partial charge in [0.05, 0.1) is 0 Å². The van der Waals surface area contributed by atoms with Gasteiger partial charge in [-0.05, 0) is 63.1 Å². The highest BCUT2D eigenvalue weighted by Crippen LogP contribution is 2.59. The number of nitrogens with zero attached hydrogens (tertiary/aromatic N) is 1. The minimum atomic E-state index is 0.295. The van der Waals surface area contributed by atoms with Crippen LogP contribution in [0, 0.1) is 18.3 Å². The molecule has 1 aromatic carbocycles. The molecular weight excluding hydrogens is 296 g/mol. The van der Waals surface area contributed by atoms with Crippen LogP contribution in [0.4, 0.5) is 0 Å². The first-order chi connectivity index (χ1) is 11.6. The van der Waals surface area contributed by atoms with Crippen LogP contribution in [0.2, 0.25) is 0 Å². The molecule has 2 aliphatic carbocycles. The molecule has 1 aromatic rings. The van der Waals surface area contributed by atoms with Crippen LogP contribution in [0.15, 0.2) is 24.3 Å². The molecule has 3 heteroatoms. The smallest absolute Gasteiger partial charge is 0.226 e. The zero-order chi connectivity index (χ0) is 16.7. The highest BCUT2D eigenvalue weighted by Gasteiger charge is 2.58. The summed E-state index contributed by atoms with van der Waals surface area (Å²) in [7, 11) is 2.06. The predicted octanol–water partition coefficient (Wildman–Crippen LogP) is 3.48. The molecule has 1 spiro atoms. The molecule has 4 rings (SSSR count). The van der Waals surface area contributed by atoms with Gasteiger partial charge in [-0.25, -0.2) is 0 Å². The van der Waals surface area contributed by atoms with E-state index in [2.05, 4.69) is 48.5 Å². The lowest BCUT2D eigenvalue weighted by molar-refractivity contribution is -0.134. The Bertz CT molecular complexity index is 603. The summed E-state index contributed by atoms with van der Waals surface area (Å²) in [6.45, 7) is 4.31. The number of likely N-dealkylation sites (N-methyl/N-ethyl adjacent to an activating group) is 1. The predicted molar refractivity (Wildman–Crippen MR) is 97.0 cm³/mol. The lowest BCUT2D eigenvalue weighted by Gasteiger charge is -2.32. The largest absolute Gasteiger partial charge is 0.342 e. The second-order valence-electron chi connectivity index (χ2n) is 8.33. The highest BCUT2D eigenvalue weighted by atomic mass is 16.2. The van der Waals surface area contributed by atoms with E-state index in [0.717, 1.165) is 25.9 Å². The van der Waals surface area contributed by atoms with Gasteiger partial charge in [-0.3, -0.25) is 4.79 Å². The molecule has 130 valence electrons. The highest BCUT2D eigenvalue weighted by molar-refractivity contribution is 5.83. The van der Waals surface area contributed by atoms with Crippen molar-refractivity contribution in [2.75, 3.05) is 20.1 Å². The van der Waals surface area contributed by atoms with Crippen molar-refractivity contribution < 1.29 is 4.79 Å². The lowest BCUT2D eigenvalue weighted by Crippen LogP contribution is -2.41. The second kappa shape index (κ2) is 6.18. The van der Waals surface area contributed by atoms with E-state index in [0.29, 0.717) is 29.2 Å². The van der Waals surface area contributed by atoms with E-state index in [4.69, 9.17) is 0 Å². The van der Waals surface area contributed by atoms with Crippen molar-refractivity contribution >= 4 is 5.91 Å². The molecule has 1 amide bonds. The standard InChI is InChI=1S/C21H30N2O/c1-15-6-8-16(9-7-15)17-4-3-5-19(17)23(2)20(24)18-14-21(18)10-12-22-13-11-21/h6-9,17-19,22H,3-5,10-14H2,1-2H3. The van der Waals surface area contributed by atoms with Crippen LogP contribution in [-0.4, -0.2) is 37.0 Å². The van der Waals surface area contributed by atoms with Crippen molar-refractivity contribution in [1.29, 1.82) is 0 Å². The fourth-order valence-electron chi connectivity index (χ4n) is 5.19. The van der Waals surface area contributed by atoms with Crippen molar-refractivity contribution in [3.8, 4) is 0 Å². The van der Waals surface area contributed by atoms with Gasteiger partial charge < -0.3 is 10.2 Å². The normalized spacial score (nSPS) is 31.2. The van der Waals surface area contributed by atoms with Crippen LogP contribution in [-0.2, 0) is 4.79 Å². The van der Waals surface area contributed by atoms with Crippen molar-refractivity contribution in [2.24, 2.45) is 11.3 Å². The number of rotatable bonds is 3. The molecule has 1 heterocycles. The topological polar surface area (TPSA) is 32.3 Å². The minimum absolute atomic E-state index is 0.295. The molecule has 2 saturated carbocycles. The van der Waals surface area contributed by atoms with Crippen LogP contribution in [0.5, 0.6) is 0 Å². The number of nitrogens with one attached hydrogen (secondary N) is 1. The number of aryl methyl sites for hydroxylation is 1. The van der Waals surface area contributed by atoms with E-state index in [1.54, 1.807) is 0 Å². The molecule has 24 heavy (non-hydrogen) atoms. The molecule has 0 bridgehead atoms. The number of carbonyl (C=O) groups excluding carboxylic acids is 1. The molecule has 1 saturated heterocycles. The number of hydrogen-bond acceptors (Lipinski definition) is 2. The number of carbonyl (C=O) groups is 1. The molecule has 0 aromatic heterocycles. The Labute approximate surface area is 145 Å². The van der Waals surface area contributed by atoms with Gasteiger partial charge in [0, 0.05) is 24.9 Å². The van der Waals surface area contributed by atoms with E-state index >= 15 is 0 Å². The Hall–Kier alpha value is -1.35. The monoisotopic (exact) mass is 326 g/mol. The average molecular weight is 326 g/mol. The van der Waals surface area contributed by atoms with Gasteiger partial charge in [0.2, 0.25) is 5.91 Å². The lowest BCUT2D eigenvalue weighted by atomic mass is 9.90. The first kappa shape index (κ1) is 16.1. The summed E-state index contributed by atoms with van der Waals surface area (Å²) in [5.41, 5.74) is 3.06. The summed E-state index contributed by atoms with van der Waals surface area (Å²) >= 11 is 0. The third-order valence-corrected chi connectivity index (χ3v) is 6.92. The van der Waals surface area contributed by atoms with Crippen LogP contribution in [0.25, 0.3) is 0 Å². The average Bonchev–Trinajstić information content (AvgIpc) is 3.07. The van der Waals surface area contributed by atoms with E-state index < -0.39 is 0 Å². The fourth-order valence-corrected chi connectivity index (χ4v) is 5.19. The van der Waals surface area contributed by atoms with E-state index in [9.17, 15) is 4.79 Å². The fraction of sp³-hybridized carbons (Fsp3) is 0.667. The summed E-state index contributed by atoms with van der Waals surface area (Å²) < 4.78 is 0. The number of amides is 1. The van der Waals surface area contributed by atoms with E-state index in [1.807, 2.05) is 0 Å². The second-order valence-corrected chi connectivity index (χ2v) is 8.33. The minimum Gasteiger partial charge on any atom is -0.342 e. The molecule has 3 aliphatic rings. The van der Waals surface area contributed by atoms with Crippen LogP contribution in [0.1, 0.15) is 55.6 Å². The van der Waals surface area contributed by atoms with Crippen molar-refractivity contribution in [3.05, 3.63) is 35.4 Å². The first-order valence-corrected chi connectivity index (χ1v) is 9.65. The molecule has 1 aliphatic heterocycles. The van der Waals surface area contributed by atoms with Gasteiger partial charge in [-0.1, -0.05) is 36.2 Å². The van der Waals surface area contributed by atoms with Gasteiger partial charge >= 0.3 is 0 Å². The third kappa shape index (κ3) is 2.77. The molecule has 3 nitrogen and oxygen atoms in total. The summed E-state index contributed by atoms with van der Waals surface area (Å²) in [6, 6.07) is 9.33. The summed E-state index contributed by atoms with van der Waals surface area (Å²) in [6.07, 6.45) is 7.10. The quantitative estimate of drug-likeness (QED) is 0.922. The summed E-state index contributed by atoms with van der Waals surface area (Å²) in [5, 5.41) is 3.43. The Morgan fingerprint density at radius 2 is 1.88 bits per heavy atom. The zero-order valence-corrected chi connectivity index (χ0v) is 15.1. The Morgan fingerprint density at radius 1 is 1.17 bits per heavy atom. The maximum Gasteiger partial charge on any atom is 0.226 e. The third-order valence-electron chi connectivity index (χ3n) is 6.92. The summed E-state index contributed by atoms with van der Waals surface area (Å²) in [5.74, 6) is 1.23. The van der Waals surface area contributed by atoms with Gasteiger partial charge in [0.25, 0.3) is 0 Å². The molecular formula is C21H30N2O. The Balaban J connectivity index is 1.46. The molecule has 1 N–H and O–H groups in total. The zero-order valence-electron chi connectivity index (χ0n) is 15.1. The van der Waals surface area contributed by atoms with Crippen LogP contribution < -0.4 is 5.32 Å². The van der Waals surface area contributed by atoms with Gasteiger partial charge in [0.15, 0.2) is 0 Å². The number of piperidine rings is 1.